The molecule has 0 aromatic heterocycles. The van der Waals surface area contributed by atoms with Crippen LogP contribution in [0.4, 0.5) is 4.79 Å². The standard InChI is InChI=1S/C13H25NO2.C9H15NO/c1-10(2)11-7-6-8-14(9-11)12(15)16-13(3,4)5;1-3-9(11)10-6-4-5-8(2)7-10/h10-11H,6-9H2,1-5H3;3,8H,1,4-7H2,2H3. The van der Waals surface area contributed by atoms with Crippen LogP contribution in [-0.2, 0) is 9.53 Å². The molecule has 2 aliphatic heterocycles. The third-order valence-electron chi connectivity index (χ3n) is 5.20. The zero-order valence-corrected chi connectivity index (χ0v) is 18.3. The lowest BCUT2D eigenvalue weighted by atomic mass is 9.88. The Balaban J connectivity index is 0.000000289. The molecule has 0 radical (unpaired) electrons. The van der Waals surface area contributed by atoms with Gasteiger partial charge < -0.3 is 14.5 Å². The van der Waals surface area contributed by atoms with Gasteiger partial charge >= 0.3 is 6.09 Å². The van der Waals surface area contributed by atoms with E-state index in [4.69, 9.17) is 4.74 Å². The van der Waals surface area contributed by atoms with Crippen molar-refractivity contribution in [1.29, 1.82) is 0 Å². The molecule has 2 unspecified atom stereocenters. The van der Waals surface area contributed by atoms with Gasteiger partial charge in [0, 0.05) is 26.2 Å². The van der Waals surface area contributed by atoms with E-state index in [0.717, 1.165) is 39.0 Å². The monoisotopic (exact) mass is 380 g/mol. The molecular weight excluding hydrogens is 340 g/mol. The van der Waals surface area contributed by atoms with E-state index < -0.39 is 0 Å². The summed E-state index contributed by atoms with van der Waals surface area (Å²) in [6, 6.07) is 0. The minimum absolute atomic E-state index is 0.0801. The molecule has 2 fully saturated rings. The van der Waals surface area contributed by atoms with Gasteiger partial charge in [0.1, 0.15) is 5.60 Å². The Kier molecular flexibility index (Phi) is 9.34. The van der Waals surface area contributed by atoms with Crippen LogP contribution < -0.4 is 0 Å². The van der Waals surface area contributed by atoms with E-state index >= 15 is 0 Å². The summed E-state index contributed by atoms with van der Waals surface area (Å²) < 4.78 is 5.39. The van der Waals surface area contributed by atoms with Crippen LogP contribution >= 0.6 is 0 Å². The average molecular weight is 381 g/mol. The van der Waals surface area contributed by atoms with E-state index in [9.17, 15) is 9.59 Å². The second kappa shape index (κ2) is 10.7. The van der Waals surface area contributed by atoms with Crippen LogP contribution in [0.1, 0.15) is 67.2 Å². The molecule has 2 aliphatic rings. The average Bonchev–Trinajstić information content (AvgIpc) is 2.60. The van der Waals surface area contributed by atoms with Crippen molar-refractivity contribution in [2.75, 3.05) is 26.2 Å². The van der Waals surface area contributed by atoms with Crippen LogP contribution in [0.25, 0.3) is 0 Å². The molecule has 2 saturated heterocycles. The van der Waals surface area contributed by atoms with Crippen LogP contribution in [0.5, 0.6) is 0 Å². The van der Waals surface area contributed by atoms with E-state index in [0.29, 0.717) is 17.8 Å². The summed E-state index contributed by atoms with van der Waals surface area (Å²) in [6.45, 7) is 19.4. The number of ether oxygens (including phenoxy) is 1. The predicted molar refractivity (Wildman–Crippen MR) is 111 cm³/mol. The molecule has 0 spiro atoms. The number of hydrogen-bond donors (Lipinski definition) is 0. The van der Waals surface area contributed by atoms with Crippen molar-refractivity contribution in [1.82, 2.24) is 9.80 Å². The van der Waals surface area contributed by atoms with Crippen LogP contribution in [0.15, 0.2) is 12.7 Å². The van der Waals surface area contributed by atoms with Crippen molar-refractivity contribution in [3.8, 4) is 0 Å². The minimum Gasteiger partial charge on any atom is -0.444 e. The van der Waals surface area contributed by atoms with Gasteiger partial charge in [-0.25, -0.2) is 4.79 Å². The van der Waals surface area contributed by atoms with Gasteiger partial charge in [-0.15, -0.1) is 0 Å². The number of carbonyl (C=O) groups is 2. The van der Waals surface area contributed by atoms with E-state index in [2.05, 4.69) is 27.4 Å². The topological polar surface area (TPSA) is 49.9 Å². The van der Waals surface area contributed by atoms with Crippen LogP contribution in [0.3, 0.4) is 0 Å². The molecule has 2 rings (SSSR count). The third-order valence-corrected chi connectivity index (χ3v) is 5.20. The second-order valence-corrected chi connectivity index (χ2v) is 9.31. The fourth-order valence-corrected chi connectivity index (χ4v) is 3.57. The predicted octanol–water partition coefficient (Wildman–Crippen LogP) is 4.72. The van der Waals surface area contributed by atoms with Crippen molar-refractivity contribution >= 4 is 12.0 Å². The summed E-state index contributed by atoms with van der Waals surface area (Å²) in [7, 11) is 0. The minimum atomic E-state index is -0.387. The maximum Gasteiger partial charge on any atom is 0.410 e. The normalized spacial score (nSPS) is 23.4. The van der Waals surface area contributed by atoms with Gasteiger partial charge in [0.15, 0.2) is 0 Å². The number of piperidine rings is 2. The Morgan fingerprint density at radius 1 is 1.07 bits per heavy atom. The van der Waals surface area contributed by atoms with Crippen molar-refractivity contribution in [3.05, 3.63) is 12.7 Å². The van der Waals surface area contributed by atoms with Gasteiger partial charge in [-0.3, -0.25) is 4.79 Å². The second-order valence-electron chi connectivity index (χ2n) is 9.31. The molecule has 0 bridgehead atoms. The van der Waals surface area contributed by atoms with E-state index in [1.807, 2.05) is 30.6 Å². The van der Waals surface area contributed by atoms with E-state index in [1.54, 1.807) is 0 Å². The SMILES string of the molecule is C=CC(=O)N1CCCC(C)C1.CC(C)C1CCCN(C(=O)OC(C)(C)C)C1. The molecular formula is C22H40N2O3. The van der Waals surface area contributed by atoms with Gasteiger partial charge in [0.2, 0.25) is 5.91 Å². The zero-order chi connectivity index (χ0) is 20.6. The van der Waals surface area contributed by atoms with Gasteiger partial charge in [0.25, 0.3) is 0 Å². The number of nitrogens with zero attached hydrogens (tertiary/aromatic N) is 2. The Morgan fingerprint density at radius 2 is 1.67 bits per heavy atom. The lowest BCUT2D eigenvalue weighted by Gasteiger charge is -2.35. The molecule has 0 aromatic carbocycles. The highest BCUT2D eigenvalue weighted by molar-refractivity contribution is 5.87. The fraction of sp³-hybridized carbons (Fsp3) is 0.818. The first kappa shape index (κ1) is 23.5. The number of carbonyl (C=O) groups excluding carboxylic acids is 2. The summed E-state index contributed by atoms with van der Waals surface area (Å²) in [5.41, 5.74) is -0.387. The van der Waals surface area contributed by atoms with Crippen LogP contribution in [-0.4, -0.2) is 53.6 Å². The molecule has 27 heavy (non-hydrogen) atoms. The summed E-state index contributed by atoms with van der Waals surface area (Å²) in [5, 5.41) is 0. The van der Waals surface area contributed by atoms with Crippen LogP contribution in [0.2, 0.25) is 0 Å². The van der Waals surface area contributed by atoms with Crippen molar-refractivity contribution < 1.29 is 14.3 Å². The number of amides is 2. The molecule has 0 aromatic rings. The Labute approximate surface area is 166 Å². The quantitative estimate of drug-likeness (QED) is 0.651. The van der Waals surface area contributed by atoms with Crippen molar-refractivity contribution in [2.24, 2.45) is 17.8 Å². The molecule has 156 valence electrons. The van der Waals surface area contributed by atoms with Crippen molar-refractivity contribution in [2.45, 2.75) is 72.8 Å². The lowest BCUT2D eigenvalue weighted by molar-refractivity contribution is -0.127. The summed E-state index contributed by atoms with van der Waals surface area (Å²) >= 11 is 0. The maximum absolute atomic E-state index is 11.9. The first-order chi connectivity index (χ1) is 12.5. The molecule has 0 aliphatic carbocycles. The van der Waals surface area contributed by atoms with Gasteiger partial charge in [-0.2, -0.15) is 0 Å². The van der Waals surface area contributed by atoms with Crippen molar-refractivity contribution in [3.63, 3.8) is 0 Å². The molecule has 0 saturated carbocycles. The first-order valence-electron chi connectivity index (χ1n) is 10.4. The molecule has 0 N–H and O–H groups in total. The highest BCUT2D eigenvalue weighted by Crippen LogP contribution is 2.24. The van der Waals surface area contributed by atoms with Crippen LogP contribution in [0, 0.1) is 17.8 Å². The lowest BCUT2D eigenvalue weighted by Crippen LogP contribution is -2.43. The number of hydrogen-bond acceptors (Lipinski definition) is 3. The maximum atomic E-state index is 11.9. The Hall–Kier alpha value is -1.52. The molecule has 2 heterocycles. The van der Waals surface area contributed by atoms with Gasteiger partial charge in [0.05, 0.1) is 0 Å². The molecule has 5 nitrogen and oxygen atoms in total. The number of rotatable bonds is 2. The highest BCUT2D eigenvalue weighted by atomic mass is 16.6. The Bertz CT molecular complexity index is 496. The zero-order valence-electron chi connectivity index (χ0n) is 18.3. The summed E-state index contributed by atoms with van der Waals surface area (Å²) in [6.07, 6.45) is 5.97. The van der Waals surface area contributed by atoms with E-state index in [1.165, 1.54) is 18.9 Å². The van der Waals surface area contributed by atoms with Gasteiger partial charge in [-0.05, 0) is 70.3 Å². The van der Waals surface area contributed by atoms with E-state index in [-0.39, 0.29) is 17.6 Å². The molecule has 2 amide bonds. The summed E-state index contributed by atoms with van der Waals surface area (Å²) in [5.74, 6) is 2.01. The third kappa shape index (κ3) is 8.81. The molecule has 5 heteroatoms. The smallest absolute Gasteiger partial charge is 0.410 e. The fourth-order valence-electron chi connectivity index (χ4n) is 3.57. The first-order valence-corrected chi connectivity index (χ1v) is 10.4. The number of likely N-dealkylation sites (tertiary alicyclic amines) is 2. The largest absolute Gasteiger partial charge is 0.444 e. The Morgan fingerprint density at radius 3 is 2.19 bits per heavy atom. The molecule has 2 atom stereocenters. The summed E-state index contributed by atoms with van der Waals surface area (Å²) in [4.78, 5) is 26.7. The van der Waals surface area contributed by atoms with Gasteiger partial charge in [-0.1, -0.05) is 27.4 Å². The highest BCUT2D eigenvalue weighted by Gasteiger charge is 2.28.